The summed E-state index contributed by atoms with van der Waals surface area (Å²) in [6, 6.07) is 12.0. The summed E-state index contributed by atoms with van der Waals surface area (Å²) in [7, 11) is -4.34. The Bertz CT molecular complexity index is 1340. The zero-order valence-electron chi connectivity index (χ0n) is 14.5. The Morgan fingerprint density at radius 1 is 0.793 bits per heavy atom. The molecule has 1 aromatic heterocycles. The van der Waals surface area contributed by atoms with Crippen molar-refractivity contribution < 1.29 is 21.6 Å². The van der Waals surface area contributed by atoms with Gasteiger partial charge in [0.15, 0.2) is 0 Å². The molecule has 0 spiro atoms. The zero-order valence-corrected chi connectivity index (χ0v) is 16.1. The van der Waals surface area contributed by atoms with Crippen molar-refractivity contribution in [1.29, 1.82) is 0 Å². The molecule has 0 bridgehead atoms. The molecule has 0 aliphatic heterocycles. The molecule has 0 aliphatic rings. The van der Waals surface area contributed by atoms with E-state index < -0.39 is 32.2 Å². The topological polar surface area (TPSA) is 47.0 Å². The lowest BCUT2D eigenvalue weighted by atomic mass is 10.0. The minimum atomic E-state index is -4.34. The lowest BCUT2D eigenvalue weighted by Gasteiger charge is -2.14. The van der Waals surface area contributed by atoms with Gasteiger partial charge in [0.2, 0.25) is 9.84 Å². The summed E-state index contributed by atoms with van der Waals surface area (Å²) in [5.74, 6) is -2.54. The Hall–Kier alpha value is -2.90. The third-order valence-corrected chi connectivity index (χ3v) is 6.35. The average Bonchev–Trinajstić information content (AvgIpc) is 2.67. The van der Waals surface area contributed by atoms with E-state index in [1.807, 2.05) is 0 Å². The maximum Gasteiger partial charge on any atom is 0.208 e. The van der Waals surface area contributed by atoms with Gasteiger partial charge in [0, 0.05) is 28.2 Å². The molecule has 0 saturated carbocycles. The van der Waals surface area contributed by atoms with Crippen molar-refractivity contribution in [2.24, 2.45) is 0 Å². The molecular weight excluding hydrogens is 423 g/mol. The van der Waals surface area contributed by atoms with Crippen molar-refractivity contribution >= 4 is 32.3 Å². The summed E-state index contributed by atoms with van der Waals surface area (Å²) < 4.78 is 67.2. The van der Waals surface area contributed by atoms with Crippen LogP contribution in [0.4, 0.5) is 13.2 Å². The molecule has 29 heavy (non-hydrogen) atoms. The normalized spacial score (nSPS) is 11.7. The van der Waals surface area contributed by atoms with E-state index in [0.717, 1.165) is 18.3 Å². The largest absolute Gasteiger partial charge is 0.255 e. The van der Waals surface area contributed by atoms with Gasteiger partial charge >= 0.3 is 0 Å². The van der Waals surface area contributed by atoms with Gasteiger partial charge in [-0.3, -0.25) is 4.98 Å². The van der Waals surface area contributed by atoms with E-state index in [0.29, 0.717) is 27.6 Å². The monoisotopic (exact) mass is 433 g/mol. The Labute approximate surface area is 169 Å². The minimum Gasteiger partial charge on any atom is -0.255 e. The number of hydrogen-bond acceptors (Lipinski definition) is 3. The molecule has 0 aliphatic carbocycles. The van der Waals surface area contributed by atoms with Crippen molar-refractivity contribution in [3.63, 3.8) is 0 Å². The van der Waals surface area contributed by atoms with Gasteiger partial charge in [-0.15, -0.1) is 0 Å². The smallest absolute Gasteiger partial charge is 0.208 e. The van der Waals surface area contributed by atoms with Crippen LogP contribution in [0.3, 0.4) is 0 Å². The predicted molar refractivity (Wildman–Crippen MR) is 104 cm³/mol. The summed E-state index contributed by atoms with van der Waals surface area (Å²) in [5, 5.41) is 0.844. The second-order valence-electron chi connectivity index (χ2n) is 6.27. The first-order valence-corrected chi connectivity index (χ1v) is 10.2. The molecule has 0 fully saturated rings. The van der Waals surface area contributed by atoms with Crippen molar-refractivity contribution in [3.05, 3.63) is 89.3 Å². The van der Waals surface area contributed by atoms with Crippen molar-refractivity contribution in [1.82, 2.24) is 4.98 Å². The highest BCUT2D eigenvalue weighted by atomic mass is 35.5. The Morgan fingerprint density at radius 2 is 1.45 bits per heavy atom. The van der Waals surface area contributed by atoms with E-state index in [1.54, 1.807) is 18.2 Å². The van der Waals surface area contributed by atoms with Crippen LogP contribution in [-0.4, -0.2) is 13.4 Å². The van der Waals surface area contributed by atoms with Crippen molar-refractivity contribution in [2.45, 2.75) is 9.79 Å². The molecule has 1 heterocycles. The SMILES string of the molecule is O=S(=O)(c1cc(F)cc(F)c1)c1cnc2cc(Cl)ccc2c1-c1ccc(F)cc1. The van der Waals surface area contributed by atoms with Gasteiger partial charge in [0.05, 0.1) is 15.3 Å². The molecule has 4 aromatic rings. The number of hydrogen-bond donors (Lipinski definition) is 0. The third-order valence-electron chi connectivity index (χ3n) is 4.37. The first-order valence-electron chi connectivity index (χ1n) is 8.31. The Morgan fingerprint density at radius 3 is 2.10 bits per heavy atom. The average molecular weight is 434 g/mol. The van der Waals surface area contributed by atoms with E-state index in [-0.39, 0.29) is 10.5 Å². The lowest BCUT2D eigenvalue weighted by Crippen LogP contribution is -2.06. The molecule has 8 heteroatoms. The Kier molecular flexibility index (Phi) is 4.80. The molecule has 3 aromatic carbocycles. The van der Waals surface area contributed by atoms with E-state index in [1.165, 1.54) is 24.3 Å². The molecule has 0 amide bonds. The molecular formula is C21H11ClF3NO2S. The number of nitrogens with zero attached hydrogens (tertiary/aromatic N) is 1. The highest BCUT2D eigenvalue weighted by Crippen LogP contribution is 2.37. The zero-order chi connectivity index (χ0) is 20.8. The molecule has 0 saturated heterocycles. The standard InChI is InChI=1S/C21H11ClF3NO2S/c22-13-3-6-18-19(7-13)26-11-20(21(18)12-1-4-14(23)5-2-12)29(27,28)17-9-15(24)8-16(25)10-17/h1-11H. The Balaban J connectivity index is 2.07. The van der Waals surface area contributed by atoms with Crippen molar-refractivity contribution in [2.75, 3.05) is 0 Å². The highest BCUT2D eigenvalue weighted by molar-refractivity contribution is 7.91. The van der Waals surface area contributed by atoms with Crippen LogP contribution in [0.5, 0.6) is 0 Å². The fraction of sp³-hybridized carbons (Fsp3) is 0. The van der Waals surface area contributed by atoms with Gasteiger partial charge in [-0.2, -0.15) is 0 Å². The number of fused-ring (bicyclic) bond motifs is 1. The molecule has 0 atom stereocenters. The highest BCUT2D eigenvalue weighted by Gasteiger charge is 2.26. The molecule has 0 unspecified atom stereocenters. The summed E-state index contributed by atoms with van der Waals surface area (Å²) in [6.45, 7) is 0. The maximum absolute atomic E-state index is 13.7. The lowest BCUT2D eigenvalue weighted by molar-refractivity contribution is 0.567. The summed E-state index contributed by atoms with van der Waals surface area (Å²) in [4.78, 5) is 3.35. The van der Waals surface area contributed by atoms with Crippen LogP contribution in [0.1, 0.15) is 0 Å². The first kappa shape index (κ1) is 19.4. The van der Waals surface area contributed by atoms with Crippen LogP contribution >= 0.6 is 11.6 Å². The fourth-order valence-electron chi connectivity index (χ4n) is 3.08. The molecule has 4 rings (SSSR count). The van der Waals surface area contributed by atoms with Crippen molar-refractivity contribution in [3.8, 4) is 11.1 Å². The minimum absolute atomic E-state index is 0.233. The number of rotatable bonds is 3. The van der Waals surface area contributed by atoms with Crippen LogP contribution < -0.4 is 0 Å². The second kappa shape index (κ2) is 7.17. The maximum atomic E-state index is 13.7. The summed E-state index contributed by atoms with van der Waals surface area (Å²) in [5.41, 5.74) is 1.05. The number of sulfone groups is 1. The van der Waals surface area contributed by atoms with Gasteiger partial charge in [-0.1, -0.05) is 29.8 Å². The van der Waals surface area contributed by atoms with Gasteiger partial charge in [-0.05, 0) is 42.0 Å². The van der Waals surface area contributed by atoms with Gasteiger partial charge in [0.25, 0.3) is 0 Å². The molecule has 0 radical (unpaired) electrons. The number of pyridine rings is 1. The van der Waals surface area contributed by atoms with Crippen LogP contribution in [0.25, 0.3) is 22.0 Å². The predicted octanol–water partition coefficient (Wildman–Crippen LogP) is 5.81. The first-order chi connectivity index (χ1) is 13.8. The van der Waals surface area contributed by atoms with Crippen LogP contribution in [0.2, 0.25) is 5.02 Å². The van der Waals surface area contributed by atoms with Crippen LogP contribution in [0, 0.1) is 17.5 Å². The quantitative estimate of drug-likeness (QED) is 0.410. The van der Waals surface area contributed by atoms with E-state index in [9.17, 15) is 21.6 Å². The van der Waals surface area contributed by atoms with E-state index in [4.69, 9.17) is 11.6 Å². The fourth-order valence-corrected chi connectivity index (χ4v) is 4.72. The molecule has 0 N–H and O–H groups in total. The number of benzene rings is 3. The third kappa shape index (κ3) is 3.59. The van der Waals surface area contributed by atoms with E-state index >= 15 is 0 Å². The summed E-state index contributed by atoms with van der Waals surface area (Å²) >= 11 is 6.01. The van der Waals surface area contributed by atoms with Gasteiger partial charge in [0.1, 0.15) is 17.5 Å². The van der Waals surface area contributed by atoms with Gasteiger partial charge < -0.3 is 0 Å². The van der Waals surface area contributed by atoms with Gasteiger partial charge in [-0.25, -0.2) is 21.6 Å². The number of aromatic nitrogens is 1. The second-order valence-corrected chi connectivity index (χ2v) is 8.63. The van der Waals surface area contributed by atoms with E-state index in [2.05, 4.69) is 4.98 Å². The van der Waals surface area contributed by atoms with Crippen LogP contribution in [0.15, 0.2) is 76.7 Å². The van der Waals surface area contributed by atoms with Crippen LogP contribution in [-0.2, 0) is 9.84 Å². The number of halogens is 4. The summed E-state index contributed by atoms with van der Waals surface area (Å²) in [6.07, 6.45) is 1.11. The molecule has 146 valence electrons. The molecule has 3 nitrogen and oxygen atoms in total.